The molecule has 4 nitrogen and oxygen atoms in total. The summed E-state index contributed by atoms with van der Waals surface area (Å²) in [5.74, 6) is -0.372. The first-order valence-corrected chi connectivity index (χ1v) is 4.57. The van der Waals surface area contributed by atoms with Gasteiger partial charge in [-0.15, -0.1) is 0 Å². The molecule has 0 aliphatic carbocycles. The molecule has 1 aromatic rings. The molecule has 4 N–H and O–H groups in total. The van der Waals surface area contributed by atoms with Gasteiger partial charge in [0, 0.05) is 0 Å². The van der Waals surface area contributed by atoms with Crippen LogP contribution in [-0.4, -0.2) is 39.2 Å². The van der Waals surface area contributed by atoms with Crippen LogP contribution in [0.25, 0.3) is 6.08 Å². The van der Waals surface area contributed by atoms with Gasteiger partial charge in [0.2, 0.25) is 0 Å². The van der Waals surface area contributed by atoms with E-state index in [1.54, 1.807) is 24.3 Å². The van der Waals surface area contributed by atoms with E-state index in [-0.39, 0.29) is 5.76 Å². The summed E-state index contributed by atoms with van der Waals surface area (Å²) in [5, 5.41) is 36.4. The molecule has 0 saturated heterocycles. The van der Waals surface area contributed by atoms with Crippen molar-refractivity contribution in [2.24, 2.45) is 0 Å². The van der Waals surface area contributed by atoms with E-state index in [0.29, 0.717) is 5.56 Å². The molecular formula is C11H14O4. The van der Waals surface area contributed by atoms with E-state index >= 15 is 0 Å². The van der Waals surface area contributed by atoms with Crippen LogP contribution in [0.5, 0.6) is 0 Å². The second kappa shape index (κ2) is 5.50. The first-order valence-electron chi connectivity index (χ1n) is 4.57. The molecule has 0 amide bonds. The SMILES string of the molecule is OC[C@H](O)[C@H](O)C(O)=Cc1ccccc1. The summed E-state index contributed by atoms with van der Waals surface area (Å²) in [6, 6.07) is 8.89. The van der Waals surface area contributed by atoms with Crippen molar-refractivity contribution < 1.29 is 20.4 Å². The lowest BCUT2D eigenvalue weighted by Crippen LogP contribution is -2.30. The Morgan fingerprint density at radius 2 is 1.80 bits per heavy atom. The fourth-order valence-corrected chi connectivity index (χ4v) is 1.10. The molecule has 0 radical (unpaired) electrons. The minimum Gasteiger partial charge on any atom is -0.509 e. The first kappa shape index (κ1) is 11.7. The molecule has 1 aromatic carbocycles. The molecular weight excluding hydrogens is 196 g/mol. The monoisotopic (exact) mass is 210 g/mol. The number of hydrogen-bond acceptors (Lipinski definition) is 4. The van der Waals surface area contributed by atoms with E-state index in [1.165, 1.54) is 6.08 Å². The Morgan fingerprint density at radius 3 is 2.33 bits per heavy atom. The molecule has 0 bridgehead atoms. The van der Waals surface area contributed by atoms with E-state index in [4.69, 9.17) is 10.2 Å². The molecule has 1 rings (SSSR count). The quantitative estimate of drug-likeness (QED) is 0.539. The molecule has 2 atom stereocenters. The van der Waals surface area contributed by atoms with Crippen molar-refractivity contribution in [3.8, 4) is 0 Å². The average molecular weight is 210 g/mol. The Kier molecular flexibility index (Phi) is 4.30. The molecule has 0 aliphatic heterocycles. The van der Waals surface area contributed by atoms with Gasteiger partial charge in [0.25, 0.3) is 0 Å². The van der Waals surface area contributed by atoms with Gasteiger partial charge in [-0.3, -0.25) is 0 Å². The Morgan fingerprint density at radius 1 is 1.20 bits per heavy atom. The highest BCUT2D eigenvalue weighted by molar-refractivity contribution is 5.51. The molecule has 15 heavy (non-hydrogen) atoms. The Bertz CT molecular complexity index is 321. The van der Waals surface area contributed by atoms with Gasteiger partial charge in [0.15, 0.2) is 0 Å². The van der Waals surface area contributed by atoms with E-state index in [1.807, 2.05) is 6.07 Å². The summed E-state index contributed by atoms with van der Waals surface area (Å²) in [7, 11) is 0. The summed E-state index contributed by atoms with van der Waals surface area (Å²) in [5.41, 5.74) is 0.708. The predicted octanol–water partition coefficient (Wildman–Crippen LogP) is 0.300. The Balaban J connectivity index is 2.76. The molecule has 0 heterocycles. The van der Waals surface area contributed by atoms with Crippen LogP contribution in [0.2, 0.25) is 0 Å². The summed E-state index contributed by atoms with van der Waals surface area (Å²) in [6.07, 6.45) is -1.50. The van der Waals surface area contributed by atoms with Gasteiger partial charge in [-0.05, 0) is 11.6 Å². The fraction of sp³-hybridized carbons (Fsp3) is 0.273. The zero-order valence-corrected chi connectivity index (χ0v) is 8.11. The number of hydrogen-bond donors (Lipinski definition) is 4. The van der Waals surface area contributed by atoms with Crippen LogP contribution in [0.15, 0.2) is 36.1 Å². The number of aliphatic hydroxyl groups is 4. The van der Waals surface area contributed by atoms with E-state index < -0.39 is 18.8 Å². The largest absolute Gasteiger partial charge is 0.509 e. The minimum atomic E-state index is -1.46. The molecule has 0 unspecified atom stereocenters. The molecule has 4 heteroatoms. The zero-order chi connectivity index (χ0) is 11.3. The van der Waals surface area contributed by atoms with Gasteiger partial charge < -0.3 is 20.4 Å². The number of aliphatic hydroxyl groups excluding tert-OH is 4. The highest BCUT2D eigenvalue weighted by atomic mass is 16.4. The van der Waals surface area contributed by atoms with Gasteiger partial charge in [0.1, 0.15) is 18.0 Å². The highest BCUT2D eigenvalue weighted by Gasteiger charge is 2.18. The Labute approximate surface area is 87.7 Å². The number of rotatable bonds is 4. The second-order valence-corrected chi connectivity index (χ2v) is 3.17. The van der Waals surface area contributed by atoms with Crippen LogP contribution in [0, 0.1) is 0 Å². The van der Waals surface area contributed by atoms with Crippen LogP contribution >= 0.6 is 0 Å². The van der Waals surface area contributed by atoms with E-state index in [9.17, 15) is 10.2 Å². The normalized spacial score (nSPS) is 16.1. The van der Waals surface area contributed by atoms with Crippen molar-refractivity contribution in [1.82, 2.24) is 0 Å². The predicted molar refractivity (Wildman–Crippen MR) is 56.1 cm³/mol. The summed E-state index contributed by atoms with van der Waals surface area (Å²) in [4.78, 5) is 0. The van der Waals surface area contributed by atoms with Crippen LogP contribution in [0.1, 0.15) is 5.56 Å². The third-order valence-corrected chi connectivity index (χ3v) is 1.97. The van der Waals surface area contributed by atoms with Crippen LogP contribution in [-0.2, 0) is 0 Å². The van der Waals surface area contributed by atoms with Gasteiger partial charge in [-0.1, -0.05) is 30.3 Å². The van der Waals surface area contributed by atoms with Crippen LogP contribution in [0.4, 0.5) is 0 Å². The van der Waals surface area contributed by atoms with Crippen molar-refractivity contribution >= 4 is 6.08 Å². The molecule has 0 aliphatic rings. The van der Waals surface area contributed by atoms with Crippen molar-refractivity contribution in [2.75, 3.05) is 6.61 Å². The molecule has 0 spiro atoms. The van der Waals surface area contributed by atoms with Gasteiger partial charge in [-0.25, -0.2) is 0 Å². The van der Waals surface area contributed by atoms with Gasteiger partial charge in [-0.2, -0.15) is 0 Å². The fourth-order valence-electron chi connectivity index (χ4n) is 1.10. The molecule has 0 saturated carbocycles. The standard InChI is InChI=1S/C11H14O4/c12-7-10(14)11(15)9(13)6-8-4-2-1-3-5-8/h1-6,10-15H,7H2/t10-,11+/m0/s1. The van der Waals surface area contributed by atoms with Crippen molar-refractivity contribution in [1.29, 1.82) is 0 Å². The van der Waals surface area contributed by atoms with Crippen molar-refractivity contribution in [2.45, 2.75) is 12.2 Å². The van der Waals surface area contributed by atoms with E-state index in [2.05, 4.69) is 0 Å². The summed E-state index contributed by atoms with van der Waals surface area (Å²) < 4.78 is 0. The maximum atomic E-state index is 9.41. The van der Waals surface area contributed by atoms with Crippen LogP contribution in [0.3, 0.4) is 0 Å². The summed E-state index contributed by atoms with van der Waals surface area (Å²) >= 11 is 0. The van der Waals surface area contributed by atoms with Gasteiger partial charge in [0.05, 0.1) is 6.61 Å². The van der Waals surface area contributed by atoms with Crippen LogP contribution < -0.4 is 0 Å². The minimum absolute atomic E-state index is 0.372. The molecule has 0 fully saturated rings. The van der Waals surface area contributed by atoms with E-state index in [0.717, 1.165) is 0 Å². The highest BCUT2D eigenvalue weighted by Crippen LogP contribution is 2.09. The molecule has 0 aromatic heterocycles. The zero-order valence-electron chi connectivity index (χ0n) is 8.11. The number of benzene rings is 1. The van der Waals surface area contributed by atoms with Crippen molar-refractivity contribution in [3.05, 3.63) is 41.7 Å². The summed E-state index contributed by atoms with van der Waals surface area (Å²) in [6.45, 7) is -0.603. The average Bonchev–Trinajstić information content (AvgIpc) is 2.28. The second-order valence-electron chi connectivity index (χ2n) is 3.17. The third kappa shape index (κ3) is 3.36. The maximum Gasteiger partial charge on any atom is 0.139 e. The van der Waals surface area contributed by atoms with Gasteiger partial charge >= 0.3 is 0 Å². The third-order valence-electron chi connectivity index (χ3n) is 1.97. The molecule has 82 valence electrons. The Hall–Kier alpha value is -1.36. The smallest absolute Gasteiger partial charge is 0.139 e. The maximum absolute atomic E-state index is 9.41. The lowest BCUT2D eigenvalue weighted by atomic mass is 10.1. The lowest BCUT2D eigenvalue weighted by molar-refractivity contribution is -0.0124. The van der Waals surface area contributed by atoms with Crippen molar-refractivity contribution in [3.63, 3.8) is 0 Å². The topological polar surface area (TPSA) is 80.9 Å². The first-order chi connectivity index (χ1) is 7.15. The lowest BCUT2D eigenvalue weighted by Gasteiger charge is -2.14.